The maximum Gasteiger partial charge on any atom is 0.307 e. The predicted octanol–water partition coefficient (Wildman–Crippen LogP) is 3.69. The largest absolute Gasteiger partial charge is 0.459 e. The zero-order valence-corrected chi connectivity index (χ0v) is 14.1. The minimum absolute atomic E-state index is 0.172. The van der Waals surface area contributed by atoms with Crippen LogP contribution in [0.2, 0.25) is 0 Å². The average Bonchev–Trinajstić information content (AvgIpc) is 3.22. The number of amides is 2. The standard InChI is InChI=1S/C20H17N3O3/c1-14(22-23-20(25)18-8-5-13-26-18)15-9-11-17(12-10-15)21-19(24)16-6-3-2-4-7-16/h2-13H,1H3,(H,21,24)(H,23,25)/b22-14-. The minimum Gasteiger partial charge on any atom is -0.459 e. The Kier molecular flexibility index (Phi) is 5.24. The van der Waals surface area contributed by atoms with E-state index in [4.69, 9.17) is 4.42 Å². The van der Waals surface area contributed by atoms with Gasteiger partial charge in [0.05, 0.1) is 12.0 Å². The summed E-state index contributed by atoms with van der Waals surface area (Å²) in [4.78, 5) is 23.9. The molecule has 0 bridgehead atoms. The number of nitrogens with one attached hydrogen (secondary N) is 2. The molecule has 26 heavy (non-hydrogen) atoms. The van der Waals surface area contributed by atoms with E-state index < -0.39 is 5.91 Å². The summed E-state index contributed by atoms with van der Waals surface area (Å²) in [6.45, 7) is 1.78. The summed E-state index contributed by atoms with van der Waals surface area (Å²) in [6, 6.07) is 19.4. The van der Waals surface area contributed by atoms with E-state index in [-0.39, 0.29) is 11.7 Å². The lowest BCUT2D eigenvalue weighted by Gasteiger charge is -2.07. The molecule has 0 saturated carbocycles. The van der Waals surface area contributed by atoms with Crippen LogP contribution in [-0.4, -0.2) is 17.5 Å². The Morgan fingerprint density at radius 3 is 2.23 bits per heavy atom. The van der Waals surface area contributed by atoms with Crippen LogP contribution in [0.25, 0.3) is 0 Å². The fourth-order valence-corrected chi connectivity index (χ4v) is 2.25. The molecule has 6 nitrogen and oxygen atoms in total. The van der Waals surface area contributed by atoms with Crippen LogP contribution in [0.4, 0.5) is 5.69 Å². The van der Waals surface area contributed by atoms with E-state index in [2.05, 4.69) is 15.8 Å². The number of carbonyl (C=O) groups is 2. The molecular weight excluding hydrogens is 330 g/mol. The molecule has 3 aromatic rings. The Bertz CT molecular complexity index is 915. The Morgan fingerprint density at radius 2 is 1.58 bits per heavy atom. The van der Waals surface area contributed by atoms with Crippen LogP contribution >= 0.6 is 0 Å². The third-order valence-electron chi connectivity index (χ3n) is 3.67. The van der Waals surface area contributed by atoms with Crippen molar-refractivity contribution in [3.63, 3.8) is 0 Å². The first-order valence-corrected chi connectivity index (χ1v) is 7.98. The number of furan rings is 1. The fourth-order valence-electron chi connectivity index (χ4n) is 2.25. The molecule has 0 unspecified atom stereocenters. The Balaban J connectivity index is 1.62. The number of benzene rings is 2. The second kappa shape index (κ2) is 7.94. The van der Waals surface area contributed by atoms with E-state index in [9.17, 15) is 9.59 Å². The third-order valence-corrected chi connectivity index (χ3v) is 3.67. The summed E-state index contributed by atoms with van der Waals surface area (Å²) in [5, 5.41) is 6.89. The monoisotopic (exact) mass is 347 g/mol. The molecule has 1 aromatic heterocycles. The van der Waals surface area contributed by atoms with E-state index in [0.29, 0.717) is 17.0 Å². The molecule has 0 aliphatic heterocycles. The summed E-state index contributed by atoms with van der Waals surface area (Å²) in [7, 11) is 0. The first-order valence-electron chi connectivity index (χ1n) is 7.98. The summed E-state index contributed by atoms with van der Waals surface area (Å²) in [5.41, 5.74) is 5.16. The molecule has 2 amide bonds. The van der Waals surface area contributed by atoms with Gasteiger partial charge in [-0.3, -0.25) is 9.59 Å². The maximum absolute atomic E-state index is 12.1. The van der Waals surface area contributed by atoms with Gasteiger partial charge >= 0.3 is 5.91 Å². The summed E-state index contributed by atoms with van der Waals surface area (Å²) >= 11 is 0. The van der Waals surface area contributed by atoms with Crippen molar-refractivity contribution in [3.8, 4) is 0 Å². The predicted molar refractivity (Wildman–Crippen MR) is 99.2 cm³/mol. The topological polar surface area (TPSA) is 83.7 Å². The molecule has 2 N–H and O–H groups in total. The van der Waals surface area contributed by atoms with Crippen molar-refractivity contribution in [1.82, 2.24) is 5.43 Å². The molecule has 130 valence electrons. The molecule has 6 heteroatoms. The number of rotatable bonds is 5. The SMILES string of the molecule is C/C(=N/NC(=O)c1ccco1)c1ccc(NC(=O)c2ccccc2)cc1. The van der Waals surface area contributed by atoms with Gasteiger partial charge in [0, 0.05) is 11.3 Å². The van der Waals surface area contributed by atoms with Crippen molar-refractivity contribution in [2.45, 2.75) is 6.92 Å². The van der Waals surface area contributed by atoms with E-state index in [1.807, 2.05) is 30.3 Å². The van der Waals surface area contributed by atoms with Crippen molar-refractivity contribution in [1.29, 1.82) is 0 Å². The number of carbonyl (C=O) groups excluding carboxylic acids is 2. The summed E-state index contributed by atoms with van der Waals surface area (Å²) in [5.74, 6) is -0.393. The van der Waals surface area contributed by atoms with Gasteiger partial charge in [0.1, 0.15) is 0 Å². The second-order valence-corrected chi connectivity index (χ2v) is 5.51. The normalized spacial score (nSPS) is 11.0. The molecule has 1 heterocycles. The van der Waals surface area contributed by atoms with Crippen molar-refractivity contribution in [2.75, 3.05) is 5.32 Å². The Morgan fingerprint density at radius 1 is 0.846 bits per heavy atom. The highest BCUT2D eigenvalue weighted by atomic mass is 16.3. The highest BCUT2D eigenvalue weighted by Gasteiger charge is 2.08. The Hall–Kier alpha value is -3.67. The van der Waals surface area contributed by atoms with Crippen molar-refractivity contribution in [2.24, 2.45) is 5.10 Å². The van der Waals surface area contributed by atoms with Gasteiger partial charge in [0.15, 0.2) is 5.76 Å². The average molecular weight is 347 g/mol. The number of hydrogen-bond acceptors (Lipinski definition) is 4. The lowest BCUT2D eigenvalue weighted by molar-refractivity contribution is 0.0926. The minimum atomic E-state index is -0.416. The summed E-state index contributed by atoms with van der Waals surface area (Å²) < 4.78 is 5.00. The van der Waals surface area contributed by atoms with E-state index >= 15 is 0 Å². The molecule has 0 radical (unpaired) electrons. The lowest BCUT2D eigenvalue weighted by Crippen LogP contribution is -2.18. The lowest BCUT2D eigenvalue weighted by atomic mass is 10.1. The van der Waals surface area contributed by atoms with Crippen LogP contribution in [0.5, 0.6) is 0 Å². The molecular formula is C20H17N3O3. The summed E-state index contributed by atoms with van der Waals surface area (Å²) in [6.07, 6.45) is 1.42. The zero-order valence-electron chi connectivity index (χ0n) is 14.1. The number of nitrogens with zero attached hydrogens (tertiary/aromatic N) is 1. The highest BCUT2D eigenvalue weighted by Crippen LogP contribution is 2.12. The van der Waals surface area contributed by atoms with Gasteiger partial charge in [-0.15, -0.1) is 0 Å². The van der Waals surface area contributed by atoms with Crippen LogP contribution in [0.1, 0.15) is 33.4 Å². The van der Waals surface area contributed by atoms with Crippen LogP contribution in [0, 0.1) is 0 Å². The maximum atomic E-state index is 12.1. The first kappa shape index (κ1) is 17.2. The van der Waals surface area contributed by atoms with Gasteiger partial charge in [-0.2, -0.15) is 5.10 Å². The molecule has 0 saturated heterocycles. The van der Waals surface area contributed by atoms with Crippen LogP contribution in [0.15, 0.2) is 82.5 Å². The van der Waals surface area contributed by atoms with E-state index in [0.717, 1.165) is 5.56 Å². The third kappa shape index (κ3) is 4.24. The number of hydrazone groups is 1. The van der Waals surface area contributed by atoms with Gasteiger partial charge < -0.3 is 9.73 Å². The van der Waals surface area contributed by atoms with Gasteiger partial charge in [0.2, 0.25) is 0 Å². The van der Waals surface area contributed by atoms with E-state index in [1.54, 1.807) is 43.3 Å². The Labute approximate surface area is 150 Å². The van der Waals surface area contributed by atoms with Crippen LogP contribution in [0.3, 0.4) is 0 Å². The first-order chi connectivity index (χ1) is 12.6. The quantitative estimate of drug-likeness (QED) is 0.545. The smallest absolute Gasteiger partial charge is 0.307 e. The number of anilines is 1. The van der Waals surface area contributed by atoms with Gasteiger partial charge in [0.25, 0.3) is 5.91 Å². The molecule has 2 aromatic carbocycles. The molecule has 0 fully saturated rings. The van der Waals surface area contributed by atoms with Gasteiger partial charge in [-0.1, -0.05) is 30.3 Å². The van der Waals surface area contributed by atoms with Gasteiger partial charge in [-0.25, -0.2) is 5.43 Å². The zero-order chi connectivity index (χ0) is 18.4. The molecule has 0 aliphatic rings. The number of hydrogen-bond donors (Lipinski definition) is 2. The van der Waals surface area contributed by atoms with Crippen LogP contribution in [-0.2, 0) is 0 Å². The molecule has 0 atom stereocenters. The van der Waals surface area contributed by atoms with Crippen molar-refractivity contribution in [3.05, 3.63) is 89.9 Å². The molecule has 0 aliphatic carbocycles. The van der Waals surface area contributed by atoms with Crippen LogP contribution < -0.4 is 10.7 Å². The fraction of sp³-hybridized carbons (Fsp3) is 0.0500. The molecule has 3 rings (SSSR count). The van der Waals surface area contributed by atoms with Crippen molar-refractivity contribution < 1.29 is 14.0 Å². The van der Waals surface area contributed by atoms with E-state index in [1.165, 1.54) is 6.26 Å². The van der Waals surface area contributed by atoms with Crippen molar-refractivity contribution >= 4 is 23.2 Å². The van der Waals surface area contributed by atoms with Gasteiger partial charge in [-0.05, 0) is 48.9 Å². The molecule has 0 spiro atoms. The second-order valence-electron chi connectivity index (χ2n) is 5.51. The highest BCUT2D eigenvalue weighted by molar-refractivity contribution is 6.05.